The third-order valence-corrected chi connectivity index (χ3v) is 6.88. The smallest absolute Gasteiger partial charge is 0.312 e. The van der Waals surface area contributed by atoms with Crippen LogP contribution in [0.5, 0.6) is 28.7 Å². The molecule has 2 aliphatic rings. The van der Waals surface area contributed by atoms with Gasteiger partial charge in [0, 0.05) is 22.6 Å². The zero-order valence-corrected chi connectivity index (χ0v) is 21.2. The lowest BCUT2D eigenvalue weighted by atomic mass is 9.85. The molecule has 0 aliphatic carbocycles. The first-order valence-electron chi connectivity index (χ1n) is 12.1. The minimum absolute atomic E-state index is 0.0517. The Morgan fingerprint density at radius 1 is 0.923 bits per heavy atom. The summed E-state index contributed by atoms with van der Waals surface area (Å²) in [4.78, 5) is 39.6. The van der Waals surface area contributed by atoms with Crippen molar-refractivity contribution in [1.82, 2.24) is 0 Å². The number of methoxy groups -OCH3 is 3. The predicted octanol–water partition coefficient (Wildman–Crippen LogP) is 4.88. The molecule has 0 spiro atoms. The molecule has 0 amide bonds. The normalized spacial score (nSPS) is 16.9. The van der Waals surface area contributed by atoms with Gasteiger partial charge < -0.3 is 28.1 Å². The van der Waals surface area contributed by atoms with E-state index >= 15 is 0 Å². The van der Waals surface area contributed by atoms with Gasteiger partial charge in [-0.1, -0.05) is 12.1 Å². The Bertz CT molecular complexity index is 1760. The van der Waals surface area contributed by atoms with Gasteiger partial charge in [-0.05, 0) is 42.5 Å². The van der Waals surface area contributed by atoms with Gasteiger partial charge in [0.2, 0.25) is 5.78 Å². The van der Waals surface area contributed by atoms with Crippen LogP contribution in [0, 0.1) is 0 Å². The minimum Gasteiger partial charge on any atom is -0.497 e. The lowest BCUT2D eigenvalue weighted by Gasteiger charge is -2.25. The van der Waals surface area contributed by atoms with Crippen LogP contribution in [0.4, 0.5) is 0 Å². The van der Waals surface area contributed by atoms with Crippen LogP contribution in [0.1, 0.15) is 39.4 Å². The Kier molecular flexibility index (Phi) is 5.83. The molecule has 1 aromatic heterocycles. The van der Waals surface area contributed by atoms with Gasteiger partial charge in [0.05, 0.1) is 45.0 Å². The molecule has 3 heterocycles. The number of ketones is 1. The Morgan fingerprint density at radius 3 is 2.54 bits per heavy atom. The summed E-state index contributed by atoms with van der Waals surface area (Å²) in [6.07, 6.45) is 2.78. The molecule has 0 unspecified atom stereocenters. The van der Waals surface area contributed by atoms with Crippen LogP contribution >= 0.6 is 0 Å². The number of ether oxygens (including phenoxy) is 5. The van der Waals surface area contributed by atoms with Crippen molar-refractivity contribution in [1.29, 1.82) is 0 Å². The lowest BCUT2D eigenvalue weighted by molar-refractivity contribution is -0.135. The van der Waals surface area contributed by atoms with Gasteiger partial charge in [-0.2, -0.15) is 0 Å². The van der Waals surface area contributed by atoms with Gasteiger partial charge in [-0.3, -0.25) is 14.4 Å². The summed E-state index contributed by atoms with van der Waals surface area (Å²) < 4.78 is 33.5. The summed E-state index contributed by atoms with van der Waals surface area (Å²) in [5, 5.41) is 0.308. The average Bonchev–Trinajstić information content (AvgIpc) is 3.27. The number of Topliss-reactive ketones (excluding diaryl/α,β-unsaturated/α-hetero) is 1. The molecule has 6 rings (SSSR count). The molecular formula is C30H22O9. The Hall–Kier alpha value is -5.05. The van der Waals surface area contributed by atoms with E-state index in [2.05, 4.69) is 0 Å². The Labute approximate surface area is 222 Å². The van der Waals surface area contributed by atoms with E-state index in [-0.39, 0.29) is 46.0 Å². The second-order valence-corrected chi connectivity index (χ2v) is 8.99. The second-order valence-electron chi connectivity index (χ2n) is 8.99. The van der Waals surface area contributed by atoms with Gasteiger partial charge in [0.15, 0.2) is 22.7 Å². The first-order chi connectivity index (χ1) is 18.9. The van der Waals surface area contributed by atoms with E-state index in [4.69, 9.17) is 28.1 Å². The molecule has 1 atom stereocenters. The van der Waals surface area contributed by atoms with E-state index < -0.39 is 11.9 Å². The first-order valence-corrected chi connectivity index (χ1v) is 12.1. The first kappa shape index (κ1) is 24.3. The van der Waals surface area contributed by atoms with Crippen molar-refractivity contribution in [2.45, 2.75) is 12.3 Å². The molecule has 2 aliphatic heterocycles. The molecule has 0 bridgehead atoms. The highest BCUT2D eigenvalue weighted by atomic mass is 16.5. The summed E-state index contributed by atoms with van der Waals surface area (Å²) in [6.45, 7) is 0. The highest BCUT2D eigenvalue weighted by molar-refractivity contribution is 6.15. The number of allylic oxidation sites excluding steroid dienone is 1. The van der Waals surface area contributed by atoms with E-state index in [9.17, 15) is 14.4 Å². The van der Waals surface area contributed by atoms with Crippen molar-refractivity contribution in [2.75, 3.05) is 21.3 Å². The maximum atomic E-state index is 13.6. The molecule has 0 saturated carbocycles. The molecule has 39 heavy (non-hydrogen) atoms. The van der Waals surface area contributed by atoms with Crippen molar-refractivity contribution in [3.05, 3.63) is 93.0 Å². The molecule has 3 aromatic carbocycles. The topological polar surface area (TPSA) is 110 Å². The summed E-state index contributed by atoms with van der Waals surface area (Å²) >= 11 is 0. The lowest BCUT2D eigenvalue weighted by Crippen LogP contribution is -2.25. The number of esters is 1. The fraction of sp³-hybridized carbons (Fsp3) is 0.167. The molecule has 0 saturated heterocycles. The van der Waals surface area contributed by atoms with Gasteiger partial charge in [0.1, 0.15) is 22.8 Å². The van der Waals surface area contributed by atoms with Crippen molar-refractivity contribution in [3.63, 3.8) is 0 Å². The number of hydrogen-bond donors (Lipinski definition) is 0. The van der Waals surface area contributed by atoms with E-state index in [0.717, 1.165) is 0 Å². The number of benzene rings is 3. The largest absolute Gasteiger partial charge is 0.497 e. The third kappa shape index (κ3) is 3.90. The number of carbonyl (C=O) groups excluding carboxylic acids is 2. The zero-order chi connectivity index (χ0) is 27.3. The van der Waals surface area contributed by atoms with Crippen molar-refractivity contribution >= 4 is 28.8 Å². The van der Waals surface area contributed by atoms with Gasteiger partial charge >= 0.3 is 5.97 Å². The number of hydrogen-bond acceptors (Lipinski definition) is 9. The number of carbonyl (C=O) groups is 2. The Morgan fingerprint density at radius 2 is 1.77 bits per heavy atom. The third-order valence-electron chi connectivity index (χ3n) is 6.88. The molecular weight excluding hydrogens is 504 g/mol. The Balaban J connectivity index is 1.49. The maximum Gasteiger partial charge on any atom is 0.312 e. The summed E-state index contributed by atoms with van der Waals surface area (Å²) in [6, 6.07) is 13.3. The molecule has 9 heteroatoms. The number of para-hydroxylation sites is 1. The van der Waals surface area contributed by atoms with Crippen LogP contribution in [-0.2, 0) is 4.79 Å². The quantitative estimate of drug-likeness (QED) is 0.204. The second kappa shape index (κ2) is 9.36. The highest BCUT2D eigenvalue weighted by Gasteiger charge is 2.39. The summed E-state index contributed by atoms with van der Waals surface area (Å²) in [5.41, 5.74) is 1.59. The standard InChI is InChI=1S/C30H22O9/c1-34-16-7-9-21-19(12-16)27(32)20(14-37-21)18-13-25(31)38-22-10-8-17-28(33)24(39-30(17)26(18)22)11-15-5-4-6-23(35-2)29(15)36-3/h4-12,14,18H,13H2,1-3H3/b24-11-/t18-/m0/s1. The molecule has 0 fully saturated rings. The molecule has 0 radical (unpaired) electrons. The van der Waals surface area contributed by atoms with E-state index in [0.29, 0.717) is 39.3 Å². The SMILES string of the molecule is COc1ccc2occ([C@@H]3CC(=O)Oc4ccc5c(c43)O/C(=C\c3cccc(OC)c3OC)C5=O)c(=O)c2c1. The summed E-state index contributed by atoms with van der Waals surface area (Å²) in [7, 11) is 4.53. The maximum absolute atomic E-state index is 13.6. The highest BCUT2D eigenvalue weighted by Crippen LogP contribution is 2.49. The van der Waals surface area contributed by atoms with Crippen molar-refractivity contribution in [2.24, 2.45) is 0 Å². The van der Waals surface area contributed by atoms with Crippen LogP contribution in [-0.4, -0.2) is 33.1 Å². The van der Waals surface area contributed by atoms with Crippen LogP contribution in [0.3, 0.4) is 0 Å². The fourth-order valence-corrected chi connectivity index (χ4v) is 5.03. The summed E-state index contributed by atoms with van der Waals surface area (Å²) in [5.74, 6) is 0.297. The van der Waals surface area contributed by atoms with Crippen LogP contribution in [0.2, 0.25) is 0 Å². The average molecular weight is 526 g/mol. The van der Waals surface area contributed by atoms with E-state index in [1.807, 2.05) is 0 Å². The van der Waals surface area contributed by atoms with E-state index in [1.165, 1.54) is 27.6 Å². The van der Waals surface area contributed by atoms with Crippen LogP contribution in [0.15, 0.2) is 69.8 Å². The van der Waals surface area contributed by atoms with Gasteiger partial charge in [-0.25, -0.2) is 0 Å². The number of rotatable bonds is 5. The van der Waals surface area contributed by atoms with Crippen molar-refractivity contribution < 1.29 is 37.7 Å². The predicted molar refractivity (Wildman–Crippen MR) is 140 cm³/mol. The molecule has 4 aromatic rings. The van der Waals surface area contributed by atoms with Gasteiger partial charge in [0.25, 0.3) is 0 Å². The minimum atomic E-state index is -0.762. The van der Waals surface area contributed by atoms with E-state index in [1.54, 1.807) is 54.6 Å². The fourth-order valence-electron chi connectivity index (χ4n) is 5.03. The number of fused-ring (bicyclic) bond motifs is 4. The van der Waals surface area contributed by atoms with Crippen LogP contribution in [0.25, 0.3) is 17.0 Å². The zero-order valence-electron chi connectivity index (χ0n) is 21.2. The monoisotopic (exact) mass is 526 g/mol. The van der Waals surface area contributed by atoms with Gasteiger partial charge in [-0.15, -0.1) is 0 Å². The van der Waals surface area contributed by atoms with Crippen LogP contribution < -0.4 is 29.1 Å². The van der Waals surface area contributed by atoms with Crippen molar-refractivity contribution in [3.8, 4) is 28.7 Å². The molecule has 0 N–H and O–H groups in total. The molecule has 9 nitrogen and oxygen atoms in total. The molecule has 196 valence electrons.